The minimum absolute atomic E-state index is 0.00244. The van der Waals surface area contributed by atoms with Gasteiger partial charge in [-0.05, 0) is 45.9 Å². The van der Waals surface area contributed by atoms with Gasteiger partial charge in [-0.25, -0.2) is 0 Å². The van der Waals surface area contributed by atoms with Gasteiger partial charge in [0.05, 0.1) is 6.54 Å². The summed E-state index contributed by atoms with van der Waals surface area (Å²) < 4.78 is 11.3. The van der Waals surface area contributed by atoms with Crippen molar-refractivity contribution >= 4 is 11.6 Å². The molecule has 0 radical (unpaired) electrons. The lowest BCUT2D eigenvalue weighted by Gasteiger charge is -2.18. The maximum atomic E-state index is 5.92. The molecule has 2 aromatic rings. The average molecular weight is 310 g/mol. The van der Waals surface area contributed by atoms with Crippen molar-refractivity contribution in [2.75, 3.05) is 0 Å². The summed E-state index contributed by atoms with van der Waals surface area (Å²) in [4.78, 5) is 0. The minimum atomic E-state index is -0.334. The van der Waals surface area contributed by atoms with Crippen molar-refractivity contribution in [2.45, 2.75) is 45.9 Å². The van der Waals surface area contributed by atoms with Crippen molar-refractivity contribution in [3.63, 3.8) is 0 Å². The molecular formula is C15H20ClN3O2. The molecule has 0 amide bonds. The van der Waals surface area contributed by atoms with Crippen LogP contribution in [0.3, 0.4) is 0 Å². The number of hydrogen-bond acceptors (Lipinski definition) is 5. The third-order valence-electron chi connectivity index (χ3n) is 2.71. The van der Waals surface area contributed by atoms with Crippen LogP contribution in [0, 0.1) is 0 Å². The molecule has 21 heavy (non-hydrogen) atoms. The van der Waals surface area contributed by atoms with Crippen LogP contribution in [0.25, 0.3) is 0 Å². The maximum absolute atomic E-state index is 5.92. The zero-order valence-corrected chi connectivity index (χ0v) is 13.4. The van der Waals surface area contributed by atoms with E-state index in [2.05, 4.69) is 36.3 Å². The Kier molecular flexibility index (Phi) is 4.85. The van der Waals surface area contributed by atoms with E-state index in [1.165, 1.54) is 0 Å². The number of ether oxygens (including phenoxy) is 1. The highest BCUT2D eigenvalue weighted by atomic mass is 35.5. The molecule has 0 spiro atoms. The second kappa shape index (κ2) is 6.45. The number of halogens is 1. The standard InChI is InChI=1S/C15H20ClN3O2/c1-10(20-12-7-5-6-11(16)8-12)14-19-18-13(21-14)9-17-15(2,3)4/h5-8,10,17H,9H2,1-4H3. The van der Waals surface area contributed by atoms with E-state index in [1.54, 1.807) is 12.1 Å². The van der Waals surface area contributed by atoms with Gasteiger partial charge in [-0.1, -0.05) is 17.7 Å². The molecule has 0 saturated carbocycles. The summed E-state index contributed by atoms with van der Waals surface area (Å²) in [5.74, 6) is 1.66. The monoisotopic (exact) mass is 309 g/mol. The minimum Gasteiger partial charge on any atom is -0.481 e. The predicted molar refractivity (Wildman–Crippen MR) is 81.4 cm³/mol. The first-order valence-corrected chi connectivity index (χ1v) is 7.21. The Morgan fingerprint density at radius 3 is 2.76 bits per heavy atom. The largest absolute Gasteiger partial charge is 0.481 e. The Morgan fingerprint density at radius 1 is 1.33 bits per heavy atom. The van der Waals surface area contributed by atoms with E-state index >= 15 is 0 Å². The molecule has 1 unspecified atom stereocenters. The molecule has 0 aliphatic carbocycles. The lowest BCUT2D eigenvalue weighted by atomic mass is 10.1. The molecule has 1 heterocycles. The fourth-order valence-electron chi connectivity index (χ4n) is 1.64. The van der Waals surface area contributed by atoms with Crippen LogP contribution < -0.4 is 10.1 Å². The van der Waals surface area contributed by atoms with Crippen molar-refractivity contribution < 1.29 is 9.15 Å². The molecule has 1 atom stereocenters. The maximum Gasteiger partial charge on any atom is 0.256 e. The summed E-state index contributed by atoms with van der Waals surface area (Å²) in [6, 6.07) is 7.20. The van der Waals surface area contributed by atoms with Gasteiger partial charge in [-0.15, -0.1) is 10.2 Å². The smallest absolute Gasteiger partial charge is 0.256 e. The van der Waals surface area contributed by atoms with Crippen LogP contribution in [0.5, 0.6) is 5.75 Å². The first-order chi connectivity index (χ1) is 9.83. The summed E-state index contributed by atoms with van der Waals surface area (Å²) in [5.41, 5.74) is -0.00244. The van der Waals surface area contributed by atoms with Crippen LogP contribution in [0.15, 0.2) is 28.7 Å². The van der Waals surface area contributed by atoms with E-state index in [0.717, 1.165) is 0 Å². The zero-order valence-electron chi connectivity index (χ0n) is 12.7. The molecular weight excluding hydrogens is 290 g/mol. The number of nitrogens with one attached hydrogen (secondary N) is 1. The first kappa shape index (κ1) is 15.8. The topological polar surface area (TPSA) is 60.2 Å². The van der Waals surface area contributed by atoms with E-state index in [1.807, 2.05) is 19.1 Å². The lowest BCUT2D eigenvalue weighted by molar-refractivity contribution is 0.185. The number of hydrogen-bond donors (Lipinski definition) is 1. The van der Waals surface area contributed by atoms with Crippen LogP contribution in [-0.4, -0.2) is 15.7 Å². The molecule has 0 aliphatic heterocycles. The average Bonchev–Trinajstić information content (AvgIpc) is 2.84. The van der Waals surface area contributed by atoms with Crippen LogP contribution >= 0.6 is 11.6 Å². The van der Waals surface area contributed by atoms with E-state index in [0.29, 0.717) is 29.1 Å². The number of aromatic nitrogens is 2. The van der Waals surface area contributed by atoms with Crippen molar-refractivity contribution in [1.29, 1.82) is 0 Å². The van der Waals surface area contributed by atoms with Crippen LogP contribution in [-0.2, 0) is 6.54 Å². The molecule has 0 aliphatic rings. The Bertz CT molecular complexity index is 593. The Balaban J connectivity index is 1.97. The third kappa shape index (κ3) is 5.02. The highest BCUT2D eigenvalue weighted by Gasteiger charge is 2.17. The summed E-state index contributed by atoms with van der Waals surface area (Å²) in [7, 11) is 0. The van der Waals surface area contributed by atoms with E-state index in [-0.39, 0.29) is 11.6 Å². The van der Waals surface area contributed by atoms with Crippen LogP contribution in [0.1, 0.15) is 45.6 Å². The Morgan fingerprint density at radius 2 is 2.10 bits per heavy atom. The van der Waals surface area contributed by atoms with Gasteiger partial charge in [0.25, 0.3) is 5.89 Å². The second-order valence-electron chi connectivity index (χ2n) is 5.86. The summed E-state index contributed by atoms with van der Waals surface area (Å²) >= 11 is 5.92. The lowest BCUT2D eigenvalue weighted by Crippen LogP contribution is -2.35. The van der Waals surface area contributed by atoms with Gasteiger partial charge in [0, 0.05) is 10.6 Å². The molecule has 6 heteroatoms. The number of rotatable bonds is 5. The van der Waals surface area contributed by atoms with Gasteiger partial charge in [0.1, 0.15) is 5.75 Å². The van der Waals surface area contributed by atoms with Gasteiger partial charge in [-0.3, -0.25) is 0 Å². The zero-order chi connectivity index (χ0) is 15.5. The summed E-state index contributed by atoms with van der Waals surface area (Å²) in [5, 5.41) is 12.0. The van der Waals surface area contributed by atoms with Crippen LogP contribution in [0.4, 0.5) is 0 Å². The van der Waals surface area contributed by atoms with E-state index in [9.17, 15) is 0 Å². The highest BCUT2D eigenvalue weighted by Crippen LogP contribution is 2.23. The fraction of sp³-hybridized carbons (Fsp3) is 0.467. The second-order valence-corrected chi connectivity index (χ2v) is 6.29. The van der Waals surface area contributed by atoms with Crippen molar-refractivity contribution in [2.24, 2.45) is 0 Å². The van der Waals surface area contributed by atoms with Crippen molar-refractivity contribution in [3.05, 3.63) is 41.1 Å². The predicted octanol–water partition coefficient (Wildman–Crippen LogP) is 3.75. The normalized spacial score (nSPS) is 13.2. The summed E-state index contributed by atoms with van der Waals surface area (Å²) in [6.07, 6.45) is -0.334. The first-order valence-electron chi connectivity index (χ1n) is 6.83. The molecule has 114 valence electrons. The molecule has 5 nitrogen and oxygen atoms in total. The summed E-state index contributed by atoms with van der Waals surface area (Å²) in [6.45, 7) is 8.62. The SMILES string of the molecule is CC(Oc1cccc(Cl)c1)c1nnc(CNC(C)(C)C)o1. The molecule has 1 aromatic heterocycles. The molecule has 1 N–H and O–H groups in total. The van der Waals surface area contributed by atoms with E-state index < -0.39 is 0 Å². The molecule has 0 bridgehead atoms. The quantitative estimate of drug-likeness (QED) is 0.911. The third-order valence-corrected chi connectivity index (χ3v) is 2.94. The van der Waals surface area contributed by atoms with Gasteiger partial charge >= 0.3 is 0 Å². The molecule has 1 aromatic carbocycles. The van der Waals surface area contributed by atoms with Gasteiger partial charge in [-0.2, -0.15) is 0 Å². The molecule has 0 saturated heterocycles. The van der Waals surface area contributed by atoms with Crippen LogP contribution in [0.2, 0.25) is 5.02 Å². The van der Waals surface area contributed by atoms with Gasteiger partial charge in [0.15, 0.2) is 6.10 Å². The van der Waals surface area contributed by atoms with E-state index in [4.69, 9.17) is 20.8 Å². The fourth-order valence-corrected chi connectivity index (χ4v) is 1.82. The van der Waals surface area contributed by atoms with Crippen molar-refractivity contribution in [1.82, 2.24) is 15.5 Å². The van der Waals surface area contributed by atoms with Crippen molar-refractivity contribution in [3.8, 4) is 5.75 Å². The van der Waals surface area contributed by atoms with Gasteiger partial charge in [0.2, 0.25) is 5.89 Å². The van der Waals surface area contributed by atoms with Gasteiger partial charge < -0.3 is 14.5 Å². The number of benzene rings is 1. The Labute approximate surface area is 129 Å². The molecule has 0 fully saturated rings. The highest BCUT2D eigenvalue weighted by molar-refractivity contribution is 6.30. The number of nitrogens with zero attached hydrogens (tertiary/aromatic N) is 2. The molecule has 2 rings (SSSR count). The Hall–Kier alpha value is -1.59.